The van der Waals surface area contributed by atoms with Crippen LogP contribution in [0, 0.1) is 11.3 Å². The Balaban J connectivity index is 2.39. The van der Waals surface area contributed by atoms with Crippen molar-refractivity contribution in [3.8, 4) is 6.07 Å². The standard InChI is InChI=1S/C9H16N2O/c1-2-8(7-10)11-5-3-9(12)4-6-11/h8-9,12H,2-6H2,1H3. The van der Waals surface area contributed by atoms with Gasteiger partial charge in [-0.3, -0.25) is 4.90 Å². The topological polar surface area (TPSA) is 47.3 Å². The van der Waals surface area contributed by atoms with E-state index in [0.717, 1.165) is 32.4 Å². The Kier molecular flexibility index (Phi) is 3.51. The van der Waals surface area contributed by atoms with Crippen LogP contribution in [0.2, 0.25) is 0 Å². The molecular weight excluding hydrogens is 152 g/mol. The van der Waals surface area contributed by atoms with Gasteiger partial charge in [0.05, 0.1) is 18.2 Å². The van der Waals surface area contributed by atoms with Gasteiger partial charge in [0.15, 0.2) is 0 Å². The van der Waals surface area contributed by atoms with Crippen LogP contribution in [0.15, 0.2) is 0 Å². The summed E-state index contributed by atoms with van der Waals surface area (Å²) in [6.45, 7) is 3.76. The lowest BCUT2D eigenvalue weighted by Crippen LogP contribution is -2.41. The summed E-state index contributed by atoms with van der Waals surface area (Å²) in [6.07, 6.45) is 2.38. The van der Waals surface area contributed by atoms with Crippen LogP contribution < -0.4 is 0 Å². The predicted molar refractivity (Wildman–Crippen MR) is 46.5 cm³/mol. The molecule has 12 heavy (non-hydrogen) atoms. The second-order valence-electron chi connectivity index (χ2n) is 3.32. The van der Waals surface area contributed by atoms with E-state index in [2.05, 4.69) is 11.0 Å². The molecule has 3 nitrogen and oxygen atoms in total. The molecule has 1 N–H and O–H groups in total. The molecule has 0 aliphatic carbocycles. The van der Waals surface area contributed by atoms with Crippen molar-refractivity contribution in [2.24, 2.45) is 0 Å². The van der Waals surface area contributed by atoms with Gasteiger partial charge in [-0.2, -0.15) is 5.26 Å². The van der Waals surface area contributed by atoms with E-state index < -0.39 is 0 Å². The minimum atomic E-state index is -0.141. The van der Waals surface area contributed by atoms with Crippen molar-refractivity contribution >= 4 is 0 Å². The molecule has 1 rings (SSSR count). The summed E-state index contributed by atoms with van der Waals surface area (Å²) < 4.78 is 0. The highest BCUT2D eigenvalue weighted by molar-refractivity contribution is 4.92. The summed E-state index contributed by atoms with van der Waals surface area (Å²) in [4.78, 5) is 2.16. The fourth-order valence-electron chi connectivity index (χ4n) is 1.63. The third-order valence-corrected chi connectivity index (χ3v) is 2.48. The van der Waals surface area contributed by atoms with Gasteiger partial charge < -0.3 is 5.11 Å². The summed E-state index contributed by atoms with van der Waals surface area (Å²) in [6, 6.07) is 2.33. The van der Waals surface area contributed by atoms with Crippen LogP contribution in [0.5, 0.6) is 0 Å². The summed E-state index contributed by atoms with van der Waals surface area (Å²) >= 11 is 0. The first kappa shape index (κ1) is 9.50. The summed E-state index contributed by atoms with van der Waals surface area (Å²) in [5.74, 6) is 0. The average molecular weight is 168 g/mol. The Labute approximate surface area is 73.6 Å². The Morgan fingerprint density at radius 3 is 2.58 bits per heavy atom. The minimum absolute atomic E-state index is 0.0532. The zero-order chi connectivity index (χ0) is 8.97. The second-order valence-corrected chi connectivity index (χ2v) is 3.32. The van der Waals surface area contributed by atoms with Gasteiger partial charge in [-0.1, -0.05) is 6.92 Å². The van der Waals surface area contributed by atoms with Crippen molar-refractivity contribution < 1.29 is 5.11 Å². The molecule has 0 bridgehead atoms. The Morgan fingerprint density at radius 1 is 1.58 bits per heavy atom. The molecule has 0 aromatic carbocycles. The van der Waals surface area contributed by atoms with Gasteiger partial charge in [0.1, 0.15) is 0 Å². The monoisotopic (exact) mass is 168 g/mol. The Bertz CT molecular complexity index is 168. The third kappa shape index (κ3) is 2.20. The van der Waals surface area contributed by atoms with Gasteiger partial charge in [0.25, 0.3) is 0 Å². The maximum Gasteiger partial charge on any atom is 0.0975 e. The van der Waals surface area contributed by atoms with Crippen molar-refractivity contribution in [1.29, 1.82) is 5.26 Å². The van der Waals surface area contributed by atoms with E-state index in [-0.39, 0.29) is 12.1 Å². The first-order valence-corrected chi connectivity index (χ1v) is 4.59. The normalized spacial score (nSPS) is 23.4. The maximum atomic E-state index is 9.24. The van der Waals surface area contributed by atoms with Crippen molar-refractivity contribution in [3.05, 3.63) is 0 Å². The van der Waals surface area contributed by atoms with Crippen molar-refractivity contribution in [2.75, 3.05) is 13.1 Å². The molecule has 0 aromatic rings. The number of hydrogen-bond acceptors (Lipinski definition) is 3. The lowest BCUT2D eigenvalue weighted by molar-refractivity contribution is 0.0711. The number of likely N-dealkylation sites (tertiary alicyclic amines) is 1. The minimum Gasteiger partial charge on any atom is -0.393 e. The van der Waals surface area contributed by atoms with Crippen molar-refractivity contribution in [1.82, 2.24) is 4.90 Å². The number of hydrogen-bond donors (Lipinski definition) is 1. The van der Waals surface area contributed by atoms with E-state index in [4.69, 9.17) is 5.26 Å². The highest BCUT2D eigenvalue weighted by Gasteiger charge is 2.22. The summed E-state index contributed by atoms with van der Waals surface area (Å²) in [5.41, 5.74) is 0. The number of aliphatic hydroxyl groups is 1. The SMILES string of the molecule is CCC(C#N)N1CCC(O)CC1. The van der Waals surface area contributed by atoms with E-state index in [1.54, 1.807) is 0 Å². The fourth-order valence-corrected chi connectivity index (χ4v) is 1.63. The molecule has 0 saturated carbocycles. The van der Waals surface area contributed by atoms with Gasteiger partial charge in [-0.05, 0) is 19.3 Å². The molecular formula is C9H16N2O. The van der Waals surface area contributed by atoms with Gasteiger partial charge in [0.2, 0.25) is 0 Å². The number of nitriles is 1. The van der Waals surface area contributed by atoms with E-state index in [9.17, 15) is 5.11 Å². The summed E-state index contributed by atoms with van der Waals surface area (Å²) in [5, 5.41) is 18.0. The number of aliphatic hydroxyl groups excluding tert-OH is 1. The highest BCUT2D eigenvalue weighted by atomic mass is 16.3. The fraction of sp³-hybridized carbons (Fsp3) is 0.889. The van der Waals surface area contributed by atoms with Crippen LogP contribution in [0.1, 0.15) is 26.2 Å². The number of nitrogens with zero attached hydrogens (tertiary/aromatic N) is 2. The zero-order valence-electron chi connectivity index (χ0n) is 7.53. The van der Waals surface area contributed by atoms with E-state index in [1.165, 1.54) is 0 Å². The average Bonchev–Trinajstić information content (AvgIpc) is 2.10. The molecule has 3 heteroatoms. The largest absolute Gasteiger partial charge is 0.393 e. The Hall–Kier alpha value is -0.590. The lowest BCUT2D eigenvalue weighted by atomic mass is 10.1. The number of rotatable bonds is 2. The van der Waals surface area contributed by atoms with Crippen LogP contribution in [-0.4, -0.2) is 35.2 Å². The van der Waals surface area contributed by atoms with E-state index >= 15 is 0 Å². The third-order valence-electron chi connectivity index (χ3n) is 2.48. The molecule has 1 aliphatic heterocycles. The molecule has 0 aromatic heterocycles. The molecule has 0 spiro atoms. The molecule has 1 saturated heterocycles. The molecule has 1 atom stereocenters. The van der Waals surface area contributed by atoms with Gasteiger partial charge in [-0.15, -0.1) is 0 Å². The Morgan fingerprint density at radius 2 is 2.17 bits per heavy atom. The molecule has 68 valence electrons. The van der Waals surface area contributed by atoms with Crippen LogP contribution >= 0.6 is 0 Å². The van der Waals surface area contributed by atoms with Crippen LogP contribution in [0.3, 0.4) is 0 Å². The first-order valence-electron chi connectivity index (χ1n) is 4.59. The van der Waals surface area contributed by atoms with Crippen molar-refractivity contribution in [3.63, 3.8) is 0 Å². The highest BCUT2D eigenvalue weighted by Crippen LogP contribution is 2.13. The molecule has 1 aliphatic rings. The van der Waals surface area contributed by atoms with E-state index in [0.29, 0.717) is 0 Å². The molecule has 0 amide bonds. The molecule has 1 fully saturated rings. The predicted octanol–water partition coefficient (Wildman–Crippen LogP) is 0.745. The molecule has 1 unspecified atom stereocenters. The second kappa shape index (κ2) is 4.44. The van der Waals surface area contributed by atoms with Crippen LogP contribution in [-0.2, 0) is 0 Å². The van der Waals surface area contributed by atoms with Gasteiger partial charge >= 0.3 is 0 Å². The van der Waals surface area contributed by atoms with Crippen LogP contribution in [0.4, 0.5) is 0 Å². The maximum absolute atomic E-state index is 9.24. The quantitative estimate of drug-likeness (QED) is 0.661. The summed E-state index contributed by atoms with van der Waals surface area (Å²) in [7, 11) is 0. The van der Waals surface area contributed by atoms with Gasteiger partial charge in [0, 0.05) is 13.1 Å². The lowest BCUT2D eigenvalue weighted by Gasteiger charge is -2.32. The smallest absolute Gasteiger partial charge is 0.0975 e. The van der Waals surface area contributed by atoms with Crippen LogP contribution in [0.25, 0.3) is 0 Å². The zero-order valence-corrected chi connectivity index (χ0v) is 7.53. The van der Waals surface area contributed by atoms with Gasteiger partial charge in [-0.25, -0.2) is 0 Å². The number of piperidine rings is 1. The van der Waals surface area contributed by atoms with Crippen molar-refractivity contribution in [2.45, 2.75) is 38.3 Å². The molecule has 1 heterocycles. The first-order chi connectivity index (χ1) is 5.77. The van der Waals surface area contributed by atoms with E-state index in [1.807, 2.05) is 6.92 Å². The molecule has 0 radical (unpaired) electrons.